The molecule has 0 unspecified atom stereocenters. The van der Waals surface area contributed by atoms with Gasteiger partial charge in [0.2, 0.25) is 5.82 Å². The summed E-state index contributed by atoms with van der Waals surface area (Å²) in [5, 5.41) is 5.50. The van der Waals surface area contributed by atoms with Gasteiger partial charge in [-0.15, -0.1) is 0 Å². The molecule has 2 heterocycles. The van der Waals surface area contributed by atoms with Crippen molar-refractivity contribution in [3.05, 3.63) is 65.7 Å². The fourth-order valence-electron chi connectivity index (χ4n) is 2.88. The number of esters is 1. The van der Waals surface area contributed by atoms with E-state index in [2.05, 4.69) is 15.6 Å². The molecule has 2 N–H and O–H groups in total. The van der Waals surface area contributed by atoms with Gasteiger partial charge in [-0.05, 0) is 30.7 Å². The Labute approximate surface area is 167 Å². The maximum absolute atomic E-state index is 12.9. The molecule has 0 atom stereocenters. The number of carbonyl (C=O) groups is 3. The van der Waals surface area contributed by atoms with Crippen LogP contribution in [0.4, 0.5) is 5.69 Å². The molecule has 3 rings (SSSR count). The van der Waals surface area contributed by atoms with Gasteiger partial charge in [0.15, 0.2) is 5.69 Å². The van der Waals surface area contributed by atoms with E-state index in [0.29, 0.717) is 17.7 Å². The highest BCUT2D eigenvalue weighted by molar-refractivity contribution is 6.11. The Bertz CT molecular complexity index is 1060. The van der Waals surface area contributed by atoms with E-state index in [-0.39, 0.29) is 23.0 Å². The normalized spacial score (nSPS) is 10.6. The zero-order valence-electron chi connectivity index (χ0n) is 16.3. The topological polar surface area (TPSA) is 102 Å². The van der Waals surface area contributed by atoms with E-state index in [4.69, 9.17) is 4.74 Å². The lowest BCUT2D eigenvalue weighted by atomic mass is 10.1. The average molecular weight is 394 g/mol. The lowest BCUT2D eigenvalue weighted by Crippen LogP contribution is -2.26. The number of pyridine rings is 1. The van der Waals surface area contributed by atoms with E-state index >= 15 is 0 Å². The van der Waals surface area contributed by atoms with Crippen LogP contribution in [-0.2, 0) is 4.74 Å². The van der Waals surface area contributed by atoms with Gasteiger partial charge in [-0.25, -0.2) is 9.78 Å². The molecular formula is C21H22N4O4. The largest absolute Gasteiger partial charge is 0.465 e. The van der Waals surface area contributed by atoms with E-state index in [0.717, 1.165) is 12.8 Å². The average Bonchev–Trinajstić information content (AvgIpc) is 3.13. The standard InChI is InChI=1S/C21H22N4O4/c1-3-4-12-22-20(27)18-24-17(16-11-7-8-13-25(16)18)19(26)23-15-10-6-5-9-14(15)21(28)29-2/h5-11,13H,3-4,12H2,1-2H3,(H,22,27)(H,23,26). The van der Waals surface area contributed by atoms with Crippen LogP contribution in [0.2, 0.25) is 0 Å². The quantitative estimate of drug-likeness (QED) is 0.474. The number of nitrogens with one attached hydrogen (secondary N) is 2. The summed E-state index contributed by atoms with van der Waals surface area (Å²) >= 11 is 0. The Morgan fingerprint density at radius 2 is 1.83 bits per heavy atom. The van der Waals surface area contributed by atoms with E-state index in [1.165, 1.54) is 7.11 Å². The SMILES string of the molecule is CCCCNC(=O)c1nc(C(=O)Nc2ccccc2C(=O)OC)c2ccccn12. The van der Waals surface area contributed by atoms with Crippen LogP contribution in [0.3, 0.4) is 0 Å². The number of aromatic nitrogens is 2. The molecule has 2 amide bonds. The van der Waals surface area contributed by atoms with Crippen molar-refractivity contribution in [2.45, 2.75) is 19.8 Å². The molecule has 8 nitrogen and oxygen atoms in total. The third-order valence-electron chi connectivity index (χ3n) is 4.36. The third kappa shape index (κ3) is 4.26. The van der Waals surface area contributed by atoms with Crippen LogP contribution < -0.4 is 10.6 Å². The number of amides is 2. The first-order chi connectivity index (χ1) is 14.1. The van der Waals surface area contributed by atoms with Crippen molar-refractivity contribution in [3.8, 4) is 0 Å². The zero-order chi connectivity index (χ0) is 20.8. The van der Waals surface area contributed by atoms with Gasteiger partial charge in [0, 0.05) is 12.7 Å². The predicted octanol–water partition coefficient (Wildman–Crippen LogP) is 2.90. The highest BCUT2D eigenvalue weighted by atomic mass is 16.5. The first-order valence-corrected chi connectivity index (χ1v) is 9.30. The van der Waals surface area contributed by atoms with Crippen LogP contribution in [0, 0.1) is 0 Å². The molecule has 3 aromatic rings. The molecule has 0 aliphatic carbocycles. The van der Waals surface area contributed by atoms with Crippen LogP contribution in [-0.4, -0.2) is 40.8 Å². The van der Waals surface area contributed by atoms with Gasteiger partial charge in [-0.3, -0.25) is 14.0 Å². The number of carbonyl (C=O) groups excluding carboxylic acids is 3. The minimum atomic E-state index is -0.563. The number of nitrogens with zero attached hydrogens (tertiary/aromatic N) is 2. The minimum absolute atomic E-state index is 0.0888. The summed E-state index contributed by atoms with van der Waals surface area (Å²) in [4.78, 5) is 41.7. The van der Waals surface area contributed by atoms with E-state index in [9.17, 15) is 14.4 Å². The number of ether oxygens (including phenoxy) is 1. The first-order valence-electron chi connectivity index (χ1n) is 9.30. The Balaban J connectivity index is 1.93. The molecule has 0 aliphatic heterocycles. The molecule has 0 saturated carbocycles. The number of para-hydroxylation sites is 1. The van der Waals surface area contributed by atoms with Crippen molar-refractivity contribution in [1.82, 2.24) is 14.7 Å². The molecule has 0 aliphatic rings. The number of anilines is 1. The van der Waals surface area contributed by atoms with Crippen molar-refractivity contribution in [1.29, 1.82) is 0 Å². The number of fused-ring (bicyclic) bond motifs is 1. The molecule has 0 spiro atoms. The maximum Gasteiger partial charge on any atom is 0.339 e. The molecule has 8 heteroatoms. The Morgan fingerprint density at radius 1 is 1.07 bits per heavy atom. The summed E-state index contributed by atoms with van der Waals surface area (Å²) in [5.74, 6) is -1.32. The van der Waals surface area contributed by atoms with Gasteiger partial charge in [0.05, 0.1) is 23.9 Å². The smallest absolute Gasteiger partial charge is 0.339 e. The lowest BCUT2D eigenvalue weighted by Gasteiger charge is -2.08. The van der Waals surface area contributed by atoms with Gasteiger partial charge < -0.3 is 15.4 Å². The van der Waals surface area contributed by atoms with Gasteiger partial charge >= 0.3 is 5.97 Å². The van der Waals surface area contributed by atoms with Crippen LogP contribution in [0.25, 0.3) is 5.52 Å². The summed E-state index contributed by atoms with van der Waals surface area (Å²) in [5.41, 5.74) is 1.10. The number of unbranched alkanes of at least 4 members (excludes halogenated alkanes) is 1. The van der Waals surface area contributed by atoms with Crippen molar-refractivity contribution < 1.29 is 19.1 Å². The Hall–Kier alpha value is -3.68. The predicted molar refractivity (Wildman–Crippen MR) is 108 cm³/mol. The number of imidazole rings is 1. The second kappa shape index (κ2) is 9.01. The summed E-state index contributed by atoms with van der Waals surface area (Å²) in [6.45, 7) is 2.57. The molecule has 150 valence electrons. The monoisotopic (exact) mass is 394 g/mol. The molecule has 1 aromatic carbocycles. The summed E-state index contributed by atoms with van der Waals surface area (Å²) in [6, 6.07) is 11.7. The fraction of sp³-hybridized carbons (Fsp3) is 0.238. The highest BCUT2D eigenvalue weighted by Gasteiger charge is 2.22. The molecule has 0 saturated heterocycles. The van der Waals surface area contributed by atoms with Crippen molar-refractivity contribution in [2.75, 3.05) is 19.0 Å². The Morgan fingerprint density at radius 3 is 2.59 bits per heavy atom. The number of rotatable bonds is 7. The second-order valence-corrected chi connectivity index (χ2v) is 6.34. The minimum Gasteiger partial charge on any atom is -0.465 e. The van der Waals surface area contributed by atoms with E-state index in [1.807, 2.05) is 6.92 Å². The number of hydrogen-bond donors (Lipinski definition) is 2. The molecule has 0 fully saturated rings. The number of hydrogen-bond acceptors (Lipinski definition) is 5. The summed E-state index contributed by atoms with van der Waals surface area (Å²) < 4.78 is 6.33. The number of methoxy groups -OCH3 is 1. The van der Waals surface area contributed by atoms with E-state index < -0.39 is 11.9 Å². The maximum atomic E-state index is 12.9. The second-order valence-electron chi connectivity index (χ2n) is 6.34. The lowest BCUT2D eigenvalue weighted by molar-refractivity contribution is 0.0601. The van der Waals surface area contributed by atoms with Gasteiger partial charge in [0.1, 0.15) is 0 Å². The first kappa shape index (κ1) is 20.1. The molecular weight excluding hydrogens is 372 g/mol. The van der Waals surface area contributed by atoms with Crippen molar-refractivity contribution in [2.24, 2.45) is 0 Å². The number of benzene rings is 1. The van der Waals surface area contributed by atoms with Crippen molar-refractivity contribution in [3.63, 3.8) is 0 Å². The van der Waals surface area contributed by atoms with Crippen molar-refractivity contribution >= 4 is 29.0 Å². The van der Waals surface area contributed by atoms with Crippen LogP contribution in [0.5, 0.6) is 0 Å². The molecule has 29 heavy (non-hydrogen) atoms. The molecule has 0 radical (unpaired) electrons. The van der Waals surface area contributed by atoms with Gasteiger partial charge in [0.25, 0.3) is 11.8 Å². The molecule has 2 aromatic heterocycles. The highest BCUT2D eigenvalue weighted by Crippen LogP contribution is 2.19. The van der Waals surface area contributed by atoms with Gasteiger partial charge in [-0.1, -0.05) is 31.5 Å². The van der Waals surface area contributed by atoms with Crippen LogP contribution in [0.15, 0.2) is 48.7 Å². The van der Waals surface area contributed by atoms with E-state index in [1.54, 1.807) is 53.1 Å². The zero-order valence-corrected chi connectivity index (χ0v) is 16.3. The van der Waals surface area contributed by atoms with Crippen LogP contribution >= 0.6 is 0 Å². The summed E-state index contributed by atoms with van der Waals surface area (Å²) in [6.07, 6.45) is 3.48. The molecule has 0 bridgehead atoms. The Kier molecular flexibility index (Phi) is 6.23. The van der Waals surface area contributed by atoms with Gasteiger partial charge in [-0.2, -0.15) is 0 Å². The van der Waals surface area contributed by atoms with Crippen LogP contribution in [0.1, 0.15) is 51.2 Å². The summed E-state index contributed by atoms with van der Waals surface area (Å²) in [7, 11) is 1.27. The fourth-order valence-corrected chi connectivity index (χ4v) is 2.88. The third-order valence-corrected chi connectivity index (χ3v) is 4.36.